The number of rotatable bonds is 7. The number of fused-ring (bicyclic) bond motifs is 1. The maximum absolute atomic E-state index is 12.4. The molecular formula is C24H24N4O2. The molecule has 1 amide bonds. The van der Waals surface area contributed by atoms with Crippen LogP contribution in [0.25, 0.3) is 10.8 Å². The zero-order chi connectivity index (χ0) is 20.9. The lowest BCUT2D eigenvalue weighted by atomic mass is 10.1. The van der Waals surface area contributed by atoms with Crippen molar-refractivity contribution in [3.63, 3.8) is 0 Å². The van der Waals surface area contributed by atoms with E-state index in [1.807, 2.05) is 56.6 Å². The van der Waals surface area contributed by atoms with Crippen molar-refractivity contribution in [2.75, 3.05) is 30.9 Å². The van der Waals surface area contributed by atoms with Gasteiger partial charge in [-0.3, -0.25) is 4.79 Å². The van der Waals surface area contributed by atoms with E-state index in [0.29, 0.717) is 18.1 Å². The molecule has 0 bridgehead atoms. The number of amides is 1. The second kappa shape index (κ2) is 8.69. The fourth-order valence-corrected chi connectivity index (χ4v) is 3.22. The third kappa shape index (κ3) is 4.60. The lowest BCUT2D eigenvalue weighted by molar-refractivity contribution is -0.118. The van der Waals surface area contributed by atoms with Crippen LogP contribution in [0, 0.1) is 0 Å². The molecule has 0 aliphatic carbocycles. The monoisotopic (exact) mass is 400 g/mol. The molecule has 0 spiro atoms. The number of ether oxygens (including phenoxy) is 1. The molecular weight excluding hydrogens is 376 g/mol. The van der Waals surface area contributed by atoms with E-state index in [2.05, 4.69) is 39.6 Å². The Kier molecular flexibility index (Phi) is 5.66. The molecule has 0 aliphatic rings. The average molecular weight is 400 g/mol. The summed E-state index contributed by atoms with van der Waals surface area (Å²) < 4.78 is 7.43. The Morgan fingerprint density at radius 2 is 1.77 bits per heavy atom. The summed E-state index contributed by atoms with van der Waals surface area (Å²) in [4.78, 5) is 14.4. The van der Waals surface area contributed by atoms with Crippen molar-refractivity contribution in [2.24, 2.45) is 0 Å². The molecule has 0 radical (unpaired) electrons. The number of aromatic nitrogens is 2. The van der Waals surface area contributed by atoms with E-state index in [1.165, 1.54) is 0 Å². The molecule has 0 atom stereocenters. The van der Waals surface area contributed by atoms with E-state index in [1.54, 1.807) is 16.9 Å². The molecule has 0 saturated heterocycles. The van der Waals surface area contributed by atoms with Gasteiger partial charge in [-0.05, 0) is 40.6 Å². The van der Waals surface area contributed by atoms with E-state index in [4.69, 9.17) is 4.74 Å². The minimum absolute atomic E-state index is 0.0684. The Bertz CT molecular complexity index is 1150. The lowest BCUT2D eigenvalue weighted by Crippen LogP contribution is -2.22. The van der Waals surface area contributed by atoms with Gasteiger partial charge in [0.25, 0.3) is 5.91 Å². The molecule has 30 heavy (non-hydrogen) atoms. The lowest BCUT2D eigenvalue weighted by Gasteiger charge is -2.13. The molecule has 1 aromatic heterocycles. The number of anilines is 2. The Labute approximate surface area is 175 Å². The van der Waals surface area contributed by atoms with Crippen molar-refractivity contribution in [3.05, 3.63) is 84.6 Å². The first-order valence-electron chi connectivity index (χ1n) is 9.78. The van der Waals surface area contributed by atoms with Crippen molar-refractivity contribution in [3.8, 4) is 5.75 Å². The van der Waals surface area contributed by atoms with Crippen LogP contribution in [0.15, 0.2) is 79.0 Å². The molecule has 0 aliphatic heterocycles. The van der Waals surface area contributed by atoms with Gasteiger partial charge in [-0.15, -0.1) is 0 Å². The predicted molar refractivity (Wildman–Crippen MR) is 120 cm³/mol. The van der Waals surface area contributed by atoms with Crippen LogP contribution in [-0.2, 0) is 11.3 Å². The third-order valence-electron chi connectivity index (χ3n) is 4.86. The van der Waals surface area contributed by atoms with E-state index in [-0.39, 0.29) is 12.5 Å². The molecule has 0 unspecified atom stereocenters. The minimum atomic E-state index is -0.229. The number of nitrogens with one attached hydrogen (secondary N) is 1. The highest BCUT2D eigenvalue weighted by Crippen LogP contribution is 2.20. The summed E-state index contributed by atoms with van der Waals surface area (Å²) in [5, 5.41) is 9.41. The second-order valence-corrected chi connectivity index (χ2v) is 7.28. The molecule has 0 saturated carbocycles. The molecule has 3 aromatic carbocycles. The Morgan fingerprint density at radius 3 is 2.53 bits per heavy atom. The van der Waals surface area contributed by atoms with Gasteiger partial charge in [-0.25, -0.2) is 4.68 Å². The molecule has 6 heteroatoms. The highest BCUT2D eigenvalue weighted by atomic mass is 16.5. The van der Waals surface area contributed by atoms with Crippen molar-refractivity contribution < 1.29 is 9.53 Å². The van der Waals surface area contributed by atoms with E-state index >= 15 is 0 Å². The molecule has 4 aromatic rings. The molecule has 0 fully saturated rings. The number of nitrogens with zero attached hydrogens (tertiary/aromatic N) is 3. The highest BCUT2D eigenvalue weighted by molar-refractivity contribution is 5.91. The number of carbonyl (C=O) groups is 1. The van der Waals surface area contributed by atoms with Crippen molar-refractivity contribution in [1.82, 2.24) is 9.78 Å². The topological polar surface area (TPSA) is 59.4 Å². The van der Waals surface area contributed by atoms with E-state index < -0.39 is 0 Å². The summed E-state index contributed by atoms with van der Waals surface area (Å²) in [6, 6.07) is 23.9. The molecule has 6 nitrogen and oxygen atoms in total. The zero-order valence-electron chi connectivity index (χ0n) is 17.1. The number of benzene rings is 3. The van der Waals surface area contributed by atoms with Crippen LogP contribution in [0.3, 0.4) is 0 Å². The van der Waals surface area contributed by atoms with Crippen molar-refractivity contribution in [2.45, 2.75) is 6.54 Å². The van der Waals surface area contributed by atoms with Gasteiger partial charge < -0.3 is 15.0 Å². The number of hydrogen-bond donors (Lipinski definition) is 1. The van der Waals surface area contributed by atoms with E-state index in [0.717, 1.165) is 22.0 Å². The Hall–Kier alpha value is -3.80. The summed E-state index contributed by atoms with van der Waals surface area (Å²) in [5.74, 6) is 1.07. The van der Waals surface area contributed by atoms with Crippen molar-refractivity contribution >= 4 is 28.2 Å². The Morgan fingerprint density at radius 1 is 1.00 bits per heavy atom. The van der Waals surface area contributed by atoms with Gasteiger partial charge in [0.15, 0.2) is 6.61 Å². The molecule has 1 heterocycles. The van der Waals surface area contributed by atoms with E-state index in [9.17, 15) is 4.79 Å². The molecule has 152 valence electrons. The van der Waals surface area contributed by atoms with Crippen LogP contribution in [0.2, 0.25) is 0 Å². The Balaban J connectivity index is 1.36. The summed E-state index contributed by atoms with van der Waals surface area (Å²) >= 11 is 0. The smallest absolute Gasteiger partial charge is 0.263 e. The van der Waals surface area contributed by atoms with Gasteiger partial charge in [0.1, 0.15) is 11.6 Å². The largest absolute Gasteiger partial charge is 0.484 e. The SMILES string of the molecule is CN(C)c1ccc(Cn2nccc2NC(=O)COc2ccc3ccccc3c2)cc1. The highest BCUT2D eigenvalue weighted by Gasteiger charge is 2.09. The van der Waals surface area contributed by atoms with Crippen molar-refractivity contribution in [1.29, 1.82) is 0 Å². The van der Waals surface area contributed by atoms with Crippen LogP contribution in [0.5, 0.6) is 5.75 Å². The van der Waals surface area contributed by atoms with Gasteiger partial charge >= 0.3 is 0 Å². The third-order valence-corrected chi connectivity index (χ3v) is 4.86. The van der Waals surface area contributed by atoms with Gasteiger partial charge in [-0.1, -0.05) is 42.5 Å². The standard InChI is InChI=1S/C24H24N4O2/c1-27(2)21-10-7-18(8-11-21)16-28-23(13-14-25-28)26-24(29)17-30-22-12-9-19-5-3-4-6-20(19)15-22/h3-15H,16-17H2,1-2H3,(H,26,29). The minimum Gasteiger partial charge on any atom is -0.484 e. The second-order valence-electron chi connectivity index (χ2n) is 7.28. The van der Waals surface area contributed by atoms with Crippen LogP contribution in [0.4, 0.5) is 11.5 Å². The first kappa shape index (κ1) is 19.5. The zero-order valence-corrected chi connectivity index (χ0v) is 17.1. The van der Waals surface area contributed by atoms with Gasteiger partial charge in [-0.2, -0.15) is 5.10 Å². The summed E-state index contributed by atoms with van der Waals surface area (Å²) in [6.45, 7) is 0.503. The van der Waals surface area contributed by atoms with Crippen LogP contribution >= 0.6 is 0 Å². The predicted octanol–water partition coefficient (Wildman–Crippen LogP) is 4.17. The number of carbonyl (C=O) groups excluding carboxylic acids is 1. The van der Waals surface area contributed by atoms with Gasteiger partial charge in [0.2, 0.25) is 0 Å². The first-order valence-corrected chi connectivity index (χ1v) is 9.78. The quantitative estimate of drug-likeness (QED) is 0.506. The average Bonchev–Trinajstić information content (AvgIpc) is 3.19. The molecule has 4 rings (SSSR count). The fourth-order valence-electron chi connectivity index (χ4n) is 3.22. The van der Waals surface area contributed by atoms with Crippen LogP contribution in [0.1, 0.15) is 5.56 Å². The fraction of sp³-hybridized carbons (Fsp3) is 0.167. The maximum atomic E-state index is 12.4. The molecule has 1 N–H and O–H groups in total. The summed E-state index contributed by atoms with van der Waals surface area (Å²) in [6.07, 6.45) is 1.67. The van der Waals surface area contributed by atoms with Gasteiger partial charge in [0.05, 0.1) is 12.7 Å². The first-order chi connectivity index (χ1) is 14.6. The maximum Gasteiger partial charge on any atom is 0.263 e. The van der Waals surface area contributed by atoms with Crippen LogP contribution in [-0.4, -0.2) is 36.4 Å². The summed E-state index contributed by atoms with van der Waals surface area (Å²) in [7, 11) is 4.02. The van der Waals surface area contributed by atoms with Gasteiger partial charge in [0, 0.05) is 25.8 Å². The normalized spacial score (nSPS) is 10.7. The summed E-state index contributed by atoms with van der Waals surface area (Å²) in [5.41, 5.74) is 2.24. The number of hydrogen-bond acceptors (Lipinski definition) is 4. The van der Waals surface area contributed by atoms with Crippen LogP contribution < -0.4 is 15.0 Å².